The van der Waals surface area contributed by atoms with E-state index in [1.54, 1.807) is 6.92 Å². The summed E-state index contributed by atoms with van der Waals surface area (Å²) in [6.07, 6.45) is 1.83. The molecular weight excluding hydrogens is 252 g/mol. The maximum absolute atomic E-state index is 11.0. The lowest BCUT2D eigenvalue weighted by atomic mass is 10.0. The molecule has 1 unspecified atom stereocenters. The van der Waals surface area contributed by atoms with Gasteiger partial charge in [-0.25, -0.2) is 14.6 Å². The Bertz CT molecular complexity index is 300. The Morgan fingerprint density at radius 1 is 1.16 bits per heavy atom. The number of carboxylic acid groups (broad SMARTS) is 1. The molecule has 0 aromatic carbocycles. The summed E-state index contributed by atoms with van der Waals surface area (Å²) in [7, 11) is 0. The molecule has 0 aliphatic rings. The van der Waals surface area contributed by atoms with Gasteiger partial charge in [0.2, 0.25) is 0 Å². The van der Waals surface area contributed by atoms with Gasteiger partial charge in [0.25, 0.3) is 0 Å². The number of carboxylic acids is 1. The zero-order chi connectivity index (χ0) is 14.7. The van der Waals surface area contributed by atoms with Gasteiger partial charge in [-0.1, -0.05) is 19.9 Å². The van der Waals surface area contributed by atoms with E-state index in [0.29, 0.717) is 18.4 Å². The molecule has 6 heteroatoms. The Kier molecular flexibility index (Phi) is 9.74. The van der Waals surface area contributed by atoms with Gasteiger partial charge in [0.15, 0.2) is 0 Å². The normalized spacial score (nSPS) is 11.9. The molecule has 0 spiro atoms. The second-order valence-electron chi connectivity index (χ2n) is 4.17. The maximum atomic E-state index is 11.0. The molecule has 0 fully saturated rings. The number of rotatable bonds is 11. The molecule has 0 saturated carbocycles. The fraction of sp³-hybridized carbons (Fsp3) is 0.692. The van der Waals surface area contributed by atoms with E-state index in [4.69, 9.17) is 19.6 Å². The van der Waals surface area contributed by atoms with Crippen LogP contribution in [0.1, 0.15) is 33.1 Å². The number of hydrogen-bond donors (Lipinski definition) is 1. The third-order valence-electron chi connectivity index (χ3n) is 2.37. The van der Waals surface area contributed by atoms with Crippen molar-refractivity contribution in [2.75, 3.05) is 19.8 Å². The van der Waals surface area contributed by atoms with E-state index < -0.39 is 17.9 Å². The van der Waals surface area contributed by atoms with Crippen molar-refractivity contribution in [2.45, 2.75) is 33.1 Å². The molecule has 6 nitrogen and oxygen atoms in total. The van der Waals surface area contributed by atoms with Gasteiger partial charge in [-0.3, -0.25) is 4.79 Å². The average molecular weight is 274 g/mol. The predicted octanol–water partition coefficient (Wildman–Crippen LogP) is 1.94. The molecule has 0 radical (unpaired) electrons. The molecule has 110 valence electrons. The van der Waals surface area contributed by atoms with Crippen molar-refractivity contribution in [3.8, 4) is 0 Å². The lowest BCUT2D eigenvalue weighted by Gasteiger charge is -2.10. The first-order chi connectivity index (χ1) is 8.99. The lowest BCUT2D eigenvalue weighted by molar-refractivity contribution is -0.299. The summed E-state index contributed by atoms with van der Waals surface area (Å²) in [5.74, 6) is -1.70. The number of hydrogen-bond acceptors (Lipinski definition) is 5. The van der Waals surface area contributed by atoms with Crippen LogP contribution in [0, 0.1) is 5.92 Å². The van der Waals surface area contributed by atoms with Crippen molar-refractivity contribution in [1.82, 2.24) is 0 Å². The molecule has 0 aliphatic heterocycles. The first-order valence-corrected chi connectivity index (χ1v) is 6.28. The predicted molar refractivity (Wildman–Crippen MR) is 68.3 cm³/mol. The van der Waals surface area contributed by atoms with Crippen LogP contribution in [0.25, 0.3) is 0 Å². The summed E-state index contributed by atoms with van der Waals surface area (Å²) in [5, 5.41) is 8.90. The summed E-state index contributed by atoms with van der Waals surface area (Å²) in [5.41, 5.74) is 0.324. The topological polar surface area (TPSA) is 82.1 Å². The zero-order valence-corrected chi connectivity index (χ0v) is 11.5. The minimum absolute atomic E-state index is 0.0724. The van der Waals surface area contributed by atoms with Crippen molar-refractivity contribution in [3.63, 3.8) is 0 Å². The molecule has 0 bridgehead atoms. The SMILES string of the molecule is C=C(C)C(=O)OCCOOCCC(CCC)C(=O)O. The molecule has 1 N–H and O–H groups in total. The average Bonchev–Trinajstić information content (AvgIpc) is 2.35. The summed E-state index contributed by atoms with van der Waals surface area (Å²) < 4.78 is 4.77. The minimum Gasteiger partial charge on any atom is -0.481 e. The Balaban J connectivity index is 3.51. The van der Waals surface area contributed by atoms with Gasteiger partial charge in [-0.2, -0.15) is 0 Å². The minimum atomic E-state index is -0.819. The number of aliphatic carboxylic acids is 1. The summed E-state index contributed by atoms with van der Waals surface area (Å²) in [6, 6.07) is 0. The van der Waals surface area contributed by atoms with Gasteiger partial charge < -0.3 is 9.84 Å². The number of carbonyl (C=O) groups excluding carboxylic acids is 1. The third-order valence-corrected chi connectivity index (χ3v) is 2.37. The van der Waals surface area contributed by atoms with Gasteiger partial charge >= 0.3 is 11.9 Å². The highest BCUT2D eigenvalue weighted by atomic mass is 17.2. The van der Waals surface area contributed by atoms with Crippen molar-refractivity contribution in [1.29, 1.82) is 0 Å². The van der Waals surface area contributed by atoms with Crippen molar-refractivity contribution >= 4 is 11.9 Å². The largest absolute Gasteiger partial charge is 0.481 e. The van der Waals surface area contributed by atoms with E-state index >= 15 is 0 Å². The van der Waals surface area contributed by atoms with Crippen LogP contribution >= 0.6 is 0 Å². The quantitative estimate of drug-likeness (QED) is 0.204. The second kappa shape index (κ2) is 10.5. The fourth-order valence-electron chi connectivity index (χ4n) is 1.34. The van der Waals surface area contributed by atoms with Crippen LogP contribution in [-0.2, 0) is 24.1 Å². The first-order valence-electron chi connectivity index (χ1n) is 6.28. The van der Waals surface area contributed by atoms with E-state index in [-0.39, 0.29) is 19.8 Å². The standard InChI is InChI=1S/C13H22O6/c1-4-5-11(12(14)15)6-7-18-19-9-8-17-13(16)10(2)3/h11H,2,4-9H2,1,3H3,(H,14,15). The zero-order valence-electron chi connectivity index (χ0n) is 11.5. The molecule has 0 aliphatic carbocycles. The molecular formula is C13H22O6. The summed E-state index contributed by atoms with van der Waals surface area (Å²) in [4.78, 5) is 31.4. The highest BCUT2D eigenvalue weighted by Gasteiger charge is 2.15. The fourth-order valence-corrected chi connectivity index (χ4v) is 1.34. The second-order valence-corrected chi connectivity index (χ2v) is 4.17. The number of ether oxygens (including phenoxy) is 1. The summed E-state index contributed by atoms with van der Waals surface area (Å²) >= 11 is 0. The molecule has 19 heavy (non-hydrogen) atoms. The van der Waals surface area contributed by atoms with Crippen LogP contribution in [0.15, 0.2) is 12.2 Å². The lowest BCUT2D eigenvalue weighted by Crippen LogP contribution is -2.16. The summed E-state index contributed by atoms with van der Waals surface area (Å²) in [6.45, 7) is 7.30. The van der Waals surface area contributed by atoms with E-state index in [9.17, 15) is 9.59 Å². The van der Waals surface area contributed by atoms with Crippen LogP contribution < -0.4 is 0 Å². The first kappa shape index (κ1) is 17.6. The van der Waals surface area contributed by atoms with Gasteiger partial charge in [-0.15, -0.1) is 0 Å². The molecule has 0 aromatic rings. The van der Waals surface area contributed by atoms with Crippen molar-refractivity contribution in [2.24, 2.45) is 5.92 Å². The Hall–Kier alpha value is -1.40. The monoisotopic (exact) mass is 274 g/mol. The van der Waals surface area contributed by atoms with Gasteiger partial charge in [0.1, 0.15) is 13.2 Å². The van der Waals surface area contributed by atoms with E-state index in [1.165, 1.54) is 0 Å². The molecule has 0 saturated heterocycles. The molecule has 0 amide bonds. The van der Waals surface area contributed by atoms with Gasteiger partial charge in [-0.05, 0) is 19.8 Å². The van der Waals surface area contributed by atoms with E-state index in [1.807, 2.05) is 6.92 Å². The van der Waals surface area contributed by atoms with Crippen LogP contribution in [0.3, 0.4) is 0 Å². The van der Waals surface area contributed by atoms with Crippen LogP contribution in [0.4, 0.5) is 0 Å². The highest BCUT2D eigenvalue weighted by Crippen LogP contribution is 2.11. The molecule has 0 heterocycles. The highest BCUT2D eigenvalue weighted by molar-refractivity contribution is 5.86. The van der Waals surface area contributed by atoms with Crippen LogP contribution in [-0.4, -0.2) is 36.9 Å². The van der Waals surface area contributed by atoms with Crippen molar-refractivity contribution in [3.05, 3.63) is 12.2 Å². The van der Waals surface area contributed by atoms with E-state index in [0.717, 1.165) is 6.42 Å². The maximum Gasteiger partial charge on any atom is 0.333 e. The number of esters is 1. The van der Waals surface area contributed by atoms with Gasteiger partial charge in [0, 0.05) is 5.57 Å². The smallest absolute Gasteiger partial charge is 0.333 e. The molecule has 0 rings (SSSR count). The van der Waals surface area contributed by atoms with Crippen molar-refractivity contribution < 1.29 is 29.2 Å². The van der Waals surface area contributed by atoms with Gasteiger partial charge in [0.05, 0.1) is 12.5 Å². The number of carbonyl (C=O) groups is 2. The Morgan fingerprint density at radius 2 is 1.79 bits per heavy atom. The van der Waals surface area contributed by atoms with Crippen LogP contribution in [0.5, 0.6) is 0 Å². The molecule has 0 aromatic heterocycles. The Labute approximate surface area is 113 Å². The van der Waals surface area contributed by atoms with Crippen LogP contribution in [0.2, 0.25) is 0 Å². The van der Waals surface area contributed by atoms with E-state index in [2.05, 4.69) is 6.58 Å². The Morgan fingerprint density at radius 3 is 2.32 bits per heavy atom. The third kappa shape index (κ3) is 9.21. The molecule has 1 atom stereocenters.